The first-order valence-electron chi connectivity index (χ1n) is 4.54. The van der Waals surface area contributed by atoms with E-state index in [1.165, 1.54) is 0 Å². The fraction of sp³-hybridized carbons (Fsp3) is 0.0909. The highest BCUT2D eigenvalue weighted by Crippen LogP contribution is 2.25. The Hall–Kier alpha value is -1.62. The van der Waals surface area contributed by atoms with Crippen LogP contribution in [0.15, 0.2) is 33.2 Å². The van der Waals surface area contributed by atoms with Crippen molar-refractivity contribution in [2.75, 3.05) is 0 Å². The minimum atomic E-state index is -1.16. The fourth-order valence-electron chi connectivity index (χ4n) is 1.39. The molecule has 0 bridgehead atoms. The number of benzene rings is 1. The van der Waals surface area contributed by atoms with E-state index in [0.717, 1.165) is 10.0 Å². The SMILES string of the molecule is Cc1oc(C(=O)O)nc1-c1cccc(Br)c1. The van der Waals surface area contributed by atoms with Crippen LogP contribution in [0.3, 0.4) is 0 Å². The molecule has 0 atom stereocenters. The van der Waals surface area contributed by atoms with E-state index in [-0.39, 0.29) is 5.89 Å². The maximum Gasteiger partial charge on any atom is 0.392 e. The van der Waals surface area contributed by atoms with Crippen LogP contribution in [-0.4, -0.2) is 16.1 Å². The lowest BCUT2D eigenvalue weighted by molar-refractivity contribution is 0.0652. The molecule has 1 aromatic heterocycles. The Bertz CT molecular complexity index is 548. The first-order valence-corrected chi connectivity index (χ1v) is 5.34. The van der Waals surface area contributed by atoms with Gasteiger partial charge in [-0.2, -0.15) is 0 Å². The first-order chi connectivity index (χ1) is 7.58. The maximum absolute atomic E-state index is 10.7. The summed E-state index contributed by atoms with van der Waals surface area (Å²) in [5, 5.41) is 8.76. The number of hydrogen-bond acceptors (Lipinski definition) is 3. The number of carboxylic acids is 1. The molecule has 0 aliphatic carbocycles. The number of hydrogen-bond donors (Lipinski definition) is 1. The van der Waals surface area contributed by atoms with Crippen molar-refractivity contribution >= 4 is 21.9 Å². The Kier molecular flexibility index (Phi) is 2.78. The highest BCUT2D eigenvalue weighted by atomic mass is 79.9. The van der Waals surface area contributed by atoms with Crippen molar-refractivity contribution in [3.63, 3.8) is 0 Å². The molecule has 0 saturated carbocycles. The van der Waals surface area contributed by atoms with E-state index in [0.29, 0.717) is 11.5 Å². The topological polar surface area (TPSA) is 63.3 Å². The van der Waals surface area contributed by atoms with E-state index in [1.54, 1.807) is 6.92 Å². The van der Waals surface area contributed by atoms with Crippen molar-refractivity contribution in [1.82, 2.24) is 4.98 Å². The van der Waals surface area contributed by atoms with Crippen LogP contribution < -0.4 is 0 Å². The van der Waals surface area contributed by atoms with Crippen LogP contribution in [0.25, 0.3) is 11.3 Å². The summed E-state index contributed by atoms with van der Waals surface area (Å²) in [5.74, 6) is -0.952. The molecule has 0 unspecified atom stereocenters. The molecule has 0 amide bonds. The van der Waals surface area contributed by atoms with Gasteiger partial charge in [-0.05, 0) is 19.1 Å². The Balaban J connectivity index is 2.52. The summed E-state index contributed by atoms with van der Waals surface area (Å²) in [4.78, 5) is 14.6. The number of aromatic nitrogens is 1. The van der Waals surface area contributed by atoms with Gasteiger partial charge in [-0.15, -0.1) is 0 Å². The number of halogens is 1. The molecule has 0 radical (unpaired) electrons. The van der Waals surface area contributed by atoms with Crippen LogP contribution in [-0.2, 0) is 0 Å². The number of aromatic carboxylic acids is 1. The molecular formula is C11H8BrNO3. The third kappa shape index (κ3) is 1.99. The summed E-state index contributed by atoms with van der Waals surface area (Å²) in [6, 6.07) is 7.45. The van der Waals surface area contributed by atoms with Crippen molar-refractivity contribution in [2.45, 2.75) is 6.92 Å². The molecule has 0 aliphatic rings. The molecule has 2 aromatic rings. The lowest BCUT2D eigenvalue weighted by Gasteiger charge is -1.97. The molecule has 82 valence electrons. The van der Waals surface area contributed by atoms with E-state index >= 15 is 0 Å². The Labute approximate surface area is 100 Å². The van der Waals surface area contributed by atoms with E-state index in [4.69, 9.17) is 9.52 Å². The molecule has 0 saturated heterocycles. The second-order valence-corrected chi connectivity index (χ2v) is 4.15. The smallest absolute Gasteiger partial charge is 0.392 e. The van der Waals surface area contributed by atoms with Gasteiger partial charge in [-0.1, -0.05) is 28.1 Å². The summed E-state index contributed by atoms with van der Waals surface area (Å²) in [6.45, 7) is 1.69. The zero-order chi connectivity index (χ0) is 11.7. The van der Waals surface area contributed by atoms with Crippen molar-refractivity contribution in [1.29, 1.82) is 0 Å². The van der Waals surface area contributed by atoms with Gasteiger partial charge in [0.25, 0.3) is 0 Å². The summed E-state index contributed by atoms with van der Waals surface area (Å²) in [5.41, 5.74) is 1.38. The van der Waals surface area contributed by atoms with Crippen molar-refractivity contribution in [3.05, 3.63) is 40.4 Å². The van der Waals surface area contributed by atoms with Crippen LogP contribution in [0.2, 0.25) is 0 Å². The Morgan fingerprint density at radius 2 is 2.25 bits per heavy atom. The minimum absolute atomic E-state index is 0.285. The quantitative estimate of drug-likeness (QED) is 0.919. The third-order valence-electron chi connectivity index (χ3n) is 2.08. The number of rotatable bonds is 2. The largest absolute Gasteiger partial charge is 0.474 e. The summed E-state index contributed by atoms with van der Waals surface area (Å²) in [7, 11) is 0. The summed E-state index contributed by atoms with van der Waals surface area (Å²) in [6.07, 6.45) is 0. The van der Waals surface area contributed by atoms with E-state index < -0.39 is 5.97 Å². The van der Waals surface area contributed by atoms with Gasteiger partial charge >= 0.3 is 11.9 Å². The first kappa shape index (κ1) is 10.9. The van der Waals surface area contributed by atoms with Gasteiger partial charge in [0.15, 0.2) is 0 Å². The number of carbonyl (C=O) groups is 1. The molecule has 0 spiro atoms. The standard InChI is InChI=1S/C11H8BrNO3/c1-6-9(13-10(16-6)11(14)15)7-3-2-4-8(12)5-7/h2-5H,1H3,(H,14,15). The van der Waals surface area contributed by atoms with Gasteiger partial charge in [0.05, 0.1) is 0 Å². The predicted molar refractivity (Wildman–Crippen MR) is 61.3 cm³/mol. The third-order valence-corrected chi connectivity index (χ3v) is 2.57. The molecule has 0 fully saturated rings. The molecule has 2 rings (SSSR count). The van der Waals surface area contributed by atoms with E-state index in [1.807, 2.05) is 24.3 Å². The zero-order valence-corrected chi connectivity index (χ0v) is 9.98. The second kappa shape index (κ2) is 4.09. The Morgan fingerprint density at radius 1 is 1.50 bits per heavy atom. The van der Waals surface area contributed by atoms with Crippen LogP contribution in [0, 0.1) is 6.92 Å². The zero-order valence-electron chi connectivity index (χ0n) is 8.40. The van der Waals surface area contributed by atoms with E-state index in [9.17, 15) is 4.79 Å². The monoisotopic (exact) mass is 281 g/mol. The highest BCUT2D eigenvalue weighted by Gasteiger charge is 2.16. The highest BCUT2D eigenvalue weighted by molar-refractivity contribution is 9.10. The number of carboxylic acid groups (broad SMARTS) is 1. The van der Waals surface area contributed by atoms with Gasteiger partial charge in [-0.3, -0.25) is 0 Å². The minimum Gasteiger partial charge on any atom is -0.474 e. The van der Waals surface area contributed by atoms with E-state index in [2.05, 4.69) is 20.9 Å². The molecule has 0 aliphatic heterocycles. The Morgan fingerprint density at radius 3 is 2.81 bits per heavy atom. The second-order valence-electron chi connectivity index (χ2n) is 3.24. The molecule has 1 N–H and O–H groups in total. The molecule has 16 heavy (non-hydrogen) atoms. The van der Waals surface area contributed by atoms with Crippen LogP contribution >= 0.6 is 15.9 Å². The normalized spacial score (nSPS) is 10.4. The van der Waals surface area contributed by atoms with Crippen LogP contribution in [0.5, 0.6) is 0 Å². The van der Waals surface area contributed by atoms with Crippen molar-refractivity contribution < 1.29 is 14.3 Å². The van der Waals surface area contributed by atoms with Crippen molar-refractivity contribution in [3.8, 4) is 11.3 Å². The van der Waals surface area contributed by atoms with Gasteiger partial charge in [-0.25, -0.2) is 9.78 Å². The maximum atomic E-state index is 10.7. The average molecular weight is 282 g/mol. The molecule has 5 heteroatoms. The summed E-state index contributed by atoms with van der Waals surface area (Å²) < 4.78 is 5.95. The van der Waals surface area contributed by atoms with Gasteiger partial charge in [0, 0.05) is 10.0 Å². The van der Waals surface area contributed by atoms with Gasteiger partial charge < -0.3 is 9.52 Å². The fourth-order valence-corrected chi connectivity index (χ4v) is 1.79. The predicted octanol–water partition coefficient (Wildman–Crippen LogP) is 3.11. The molecular weight excluding hydrogens is 274 g/mol. The van der Waals surface area contributed by atoms with Crippen molar-refractivity contribution in [2.24, 2.45) is 0 Å². The molecule has 1 aromatic carbocycles. The van der Waals surface area contributed by atoms with Gasteiger partial charge in [0.2, 0.25) is 0 Å². The van der Waals surface area contributed by atoms with Crippen LogP contribution in [0.1, 0.15) is 16.4 Å². The molecule has 1 heterocycles. The average Bonchev–Trinajstić information content (AvgIpc) is 2.60. The van der Waals surface area contributed by atoms with Gasteiger partial charge in [0.1, 0.15) is 11.5 Å². The van der Waals surface area contributed by atoms with Crippen LogP contribution in [0.4, 0.5) is 0 Å². The number of oxazole rings is 1. The number of aryl methyl sites for hydroxylation is 1. The lowest BCUT2D eigenvalue weighted by atomic mass is 10.1. The molecule has 4 nitrogen and oxygen atoms in total. The lowest BCUT2D eigenvalue weighted by Crippen LogP contribution is -1.95. The summed E-state index contributed by atoms with van der Waals surface area (Å²) >= 11 is 3.35. The number of nitrogens with zero attached hydrogens (tertiary/aromatic N) is 1.